The number of nitrogens with zero attached hydrogens (tertiary/aromatic N) is 2. The van der Waals surface area contributed by atoms with E-state index in [1.54, 1.807) is 31.1 Å². The van der Waals surface area contributed by atoms with Crippen LogP contribution in [0.5, 0.6) is 11.5 Å². The Balaban J connectivity index is 1.57. The Morgan fingerprint density at radius 2 is 1.40 bits per heavy atom. The van der Waals surface area contributed by atoms with Crippen LogP contribution < -0.4 is 19.1 Å². The number of benzene rings is 2. The molecule has 0 radical (unpaired) electrons. The van der Waals surface area contributed by atoms with Gasteiger partial charge in [0.05, 0.1) is 25.2 Å². The molecular formula is C21H27N3O5S. The van der Waals surface area contributed by atoms with Crippen molar-refractivity contribution in [1.82, 2.24) is 9.62 Å². The lowest BCUT2D eigenvalue weighted by Crippen LogP contribution is -2.54. The van der Waals surface area contributed by atoms with Gasteiger partial charge in [-0.1, -0.05) is 0 Å². The molecule has 0 unspecified atom stereocenters. The van der Waals surface area contributed by atoms with Gasteiger partial charge in [-0.3, -0.25) is 4.79 Å². The number of carbonyl (C=O) groups excluding carboxylic acids is 1. The van der Waals surface area contributed by atoms with Gasteiger partial charge in [0.2, 0.25) is 15.9 Å². The van der Waals surface area contributed by atoms with E-state index >= 15 is 0 Å². The van der Waals surface area contributed by atoms with E-state index in [0.717, 1.165) is 11.4 Å². The number of hydrogen-bond acceptors (Lipinski definition) is 6. The summed E-state index contributed by atoms with van der Waals surface area (Å²) in [5.41, 5.74) is 1.07. The van der Waals surface area contributed by atoms with Crippen LogP contribution in [0.3, 0.4) is 0 Å². The number of rotatable bonds is 7. The second-order valence-corrected chi connectivity index (χ2v) is 8.74. The highest BCUT2D eigenvalue weighted by Crippen LogP contribution is 2.21. The molecule has 9 heteroatoms. The number of piperazine rings is 1. The Hall–Kier alpha value is -2.78. The van der Waals surface area contributed by atoms with E-state index < -0.39 is 16.1 Å². The van der Waals surface area contributed by atoms with Gasteiger partial charge in [-0.15, -0.1) is 0 Å². The molecule has 1 amide bonds. The quantitative estimate of drug-likeness (QED) is 0.715. The van der Waals surface area contributed by atoms with Gasteiger partial charge in [0.1, 0.15) is 11.5 Å². The van der Waals surface area contributed by atoms with Crippen LogP contribution >= 0.6 is 0 Å². The Bertz CT molecular complexity index is 953. The number of carbonyl (C=O) groups is 1. The van der Waals surface area contributed by atoms with Crippen molar-refractivity contribution in [3.8, 4) is 11.5 Å². The molecule has 0 saturated carbocycles. The zero-order valence-electron chi connectivity index (χ0n) is 17.4. The summed E-state index contributed by atoms with van der Waals surface area (Å²) in [4.78, 5) is 16.8. The first-order valence-corrected chi connectivity index (χ1v) is 11.2. The van der Waals surface area contributed by atoms with Gasteiger partial charge in [0.25, 0.3) is 0 Å². The van der Waals surface area contributed by atoms with Crippen LogP contribution in [0, 0.1) is 0 Å². The molecule has 1 N–H and O–H groups in total. The van der Waals surface area contributed by atoms with Crippen LogP contribution in [-0.2, 0) is 14.8 Å². The fraction of sp³-hybridized carbons (Fsp3) is 0.381. The number of nitrogens with one attached hydrogen (secondary N) is 1. The summed E-state index contributed by atoms with van der Waals surface area (Å²) in [6, 6.07) is 13.0. The highest BCUT2D eigenvalue weighted by molar-refractivity contribution is 7.89. The van der Waals surface area contributed by atoms with Gasteiger partial charge in [0.15, 0.2) is 0 Å². The molecule has 1 aliphatic heterocycles. The maximum Gasteiger partial charge on any atom is 0.241 e. The van der Waals surface area contributed by atoms with E-state index in [1.165, 1.54) is 19.2 Å². The van der Waals surface area contributed by atoms with Gasteiger partial charge in [-0.2, -0.15) is 4.72 Å². The van der Waals surface area contributed by atoms with E-state index in [9.17, 15) is 13.2 Å². The number of hydrogen-bond donors (Lipinski definition) is 1. The summed E-state index contributed by atoms with van der Waals surface area (Å²) >= 11 is 0. The molecule has 1 aliphatic rings. The van der Waals surface area contributed by atoms with Gasteiger partial charge < -0.3 is 19.3 Å². The second kappa shape index (κ2) is 9.36. The van der Waals surface area contributed by atoms with Crippen molar-refractivity contribution in [3.05, 3.63) is 48.5 Å². The van der Waals surface area contributed by atoms with E-state index in [1.807, 2.05) is 24.3 Å². The fourth-order valence-electron chi connectivity index (χ4n) is 3.36. The number of amides is 1. The summed E-state index contributed by atoms with van der Waals surface area (Å²) in [5.74, 6) is 1.12. The largest absolute Gasteiger partial charge is 0.497 e. The maximum absolute atomic E-state index is 12.8. The monoisotopic (exact) mass is 433 g/mol. The van der Waals surface area contributed by atoms with Crippen LogP contribution in [0.4, 0.5) is 5.69 Å². The van der Waals surface area contributed by atoms with Crippen LogP contribution in [0.1, 0.15) is 6.92 Å². The van der Waals surface area contributed by atoms with E-state index in [-0.39, 0.29) is 10.8 Å². The first-order valence-electron chi connectivity index (χ1n) is 9.68. The summed E-state index contributed by atoms with van der Waals surface area (Å²) < 4.78 is 37.9. The van der Waals surface area contributed by atoms with Crippen molar-refractivity contribution in [2.45, 2.75) is 17.9 Å². The molecule has 0 aliphatic carbocycles. The molecule has 8 nitrogen and oxygen atoms in total. The minimum absolute atomic E-state index is 0.0901. The lowest BCUT2D eigenvalue weighted by molar-refractivity contribution is -0.132. The molecule has 162 valence electrons. The zero-order chi connectivity index (χ0) is 21.7. The second-order valence-electron chi connectivity index (χ2n) is 7.03. The predicted molar refractivity (Wildman–Crippen MR) is 115 cm³/mol. The third-order valence-electron chi connectivity index (χ3n) is 5.10. The number of methoxy groups -OCH3 is 2. The predicted octanol–water partition coefficient (Wildman–Crippen LogP) is 1.72. The fourth-order valence-corrected chi connectivity index (χ4v) is 4.55. The van der Waals surface area contributed by atoms with Crippen molar-refractivity contribution in [2.75, 3.05) is 45.3 Å². The van der Waals surface area contributed by atoms with Crippen molar-refractivity contribution in [2.24, 2.45) is 0 Å². The number of anilines is 1. The molecule has 2 aromatic carbocycles. The summed E-state index contributed by atoms with van der Waals surface area (Å²) in [6.07, 6.45) is 0. The Kier molecular flexibility index (Phi) is 6.84. The average Bonchev–Trinajstić information content (AvgIpc) is 2.78. The topological polar surface area (TPSA) is 88.2 Å². The summed E-state index contributed by atoms with van der Waals surface area (Å²) in [6.45, 7) is 3.98. The van der Waals surface area contributed by atoms with Crippen molar-refractivity contribution >= 4 is 21.6 Å². The van der Waals surface area contributed by atoms with Gasteiger partial charge in [-0.05, 0) is 55.5 Å². The molecule has 3 rings (SSSR count). The zero-order valence-corrected chi connectivity index (χ0v) is 18.2. The molecule has 2 aromatic rings. The first kappa shape index (κ1) is 21.9. The summed E-state index contributed by atoms with van der Waals surface area (Å²) in [5, 5.41) is 0. The molecule has 1 heterocycles. The lowest BCUT2D eigenvalue weighted by Gasteiger charge is -2.37. The van der Waals surface area contributed by atoms with E-state index in [2.05, 4.69) is 9.62 Å². The van der Waals surface area contributed by atoms with Crippen molar-refractivity contribution < 1.29 is 22.7 Å². The van der Waals surface area contributed by atoms with Crippen LogP contribution in [0.25, 0.3) is 0 Å². The Labute approximate surface area is 177 Å². The van der Waals surface area contributed by atoms with Gasteiger partial charge in [-0.25, -0.2) is 8.42 Å². The van der Waals surface area contributed by atoms with Crippen molar-refractivity contribution in [3.63, 3.8) is 0 Å². The minimum Gasteiger partial charge on any atom is -0.497 e. The van der Waals surface area contributed by atoms with Crippen molar-refractivity contribution in [1.29, 1.82) is 0 Å². The third-order valence-corrected chi connectivity index (χ3v) is 6.66. The van der Waals surface area contributed by atoms with Gasteiger partial charge in [0, 0.05) is 31.9 Å². The van der Waals surface area contributed by atoms with Gasteiger partial charge >= 0.3 is 0 Å². The smallest absolute Gasteiger partial charge is 0.241 e. The molecule has 30 heavy (non-hydrogen) atoms. The molecule has 0 spiro atoms. The SMILES string of the molecule is COc1ccc(N2CCN(C(=O)[C@@H](C)NS(=O)(=O)c3ccc(OC)cc3)CC2)cc1. The molecule has 1 atom stereocenters. The third kappa shape index (κ3) is 5.03. The Morgan fingerprint density at radius 3 is 1.90 bits per heavy atom. The first-order chi connectivity index (χ1) is 14.3. The highest BCUT2D eigenvalue weighted by Gasteiger charge is 2.28. The molecule has 1 fully saturated rings. The lowest BCUT2D eigenvalue weighted by atomic mass is 10.2. The highest BCUT2D eigenvalue weighted by atomic mass is 32.2. The van der Waals surface area contributed by atoms with Crippen LogP contribution in [0.2, 0.25) is 0 Å². The molecular weight excluding hydrogens is 406 g/mol. The van der Waals surface area contributed by atoms with E-state index in [0.29, 0.717) is 31.9 Å². The van der Waals surface area contributed by atoms with Crippen LogP contribution in [-0.4, -0.2) is 65.7 Å². The molecule has 0 bridgehead atoms. The van der Waals surface area contributed by atoms with Crippen LogP contribution in [0.15, 0.2) is 53.4 Å². The average molecular weight is 434 g/mol. The Morgan fingerprint density at radius 1 is 0.900 bits per heavy atom. The normalized spacial score (nSPS) is 15.6. The molecule has 1 saturated heterocycles. The maximum atomic E-state index is 12.8. The molecule has 0 aromatic heterocycles. The minimum atomic E-state index is -3.80. The number of sulfonamides is 1. The standard InChI is InChI=1S/C21H27N3O5S/c1-16(22-30(26,27)20-10-8-19(29-3)9-11-20)21(25)24-14-12-23(13-15-24)17-4-6-18(28-2)7-5-17/h4-11,16,22H,12-15H2,1-3H3/t16-/m1/s1. The number of ether oxygens (including phenoxy) is 2. The van der Waals surface area contributed by atoms with E-state index in [4.69, 9.17) is 9.47 Å². The summed E-state index contributed by atoms with van der Waals surface area (Å²) in [7, 11) is -0.665.